The Hall–Kier alpha value is -3.14. The van der Waals surface area contributed by atoms with Crippen LogP contribution >= 0.6 is 11.8 Å². The Labute approximate surface area is 184 Å². The first-order valence-corrected chi connectivity index (χ1v) is 11.7. The van der Waals surface area contributed by atoms with E-state index >= 15 is 0 Å². The third-order valence-corrected chi connectivity index (χ3v) is 6.50. The van der Waals surface area contributed by atoms with Gasteiger partial charge in [-0.05, 0) is 91.3 Å². The second-order valence-corrected chi connectivity index (χ2v) is 9.60. The van der Waals surface area contributed by atoms with E-state index in [1.807, 2.05) is 32.0 Å². The third-order valence-electron chi connectivity index (χ3n) is 4.76. The Balaban J connectivity index is 1.62. The summed E-state index contributed by atoms with van der Waals surface area (Å²) in [5, 5.41) is 7.68. The van der Waals surface area contributed by atoms with Gasteiger partial charge in [0.25, 0.3) is 5.24 Å². The average Bonchev–Trinajstić information content (AvgIpc) is 3.31. The zero-order valence-electron chi connectivity index (χ0n) is 16.7. The van der Waals surface area contributed by atoms with Crippen LogP contribution in [0.3, 0.4) is 0 Å². The van der Waals surface area contributed by atoms with Gasteiger partial charge < -0.3 is 9.73 Å². The van der Waals surface area contributed by atoms with Gasteiger partial charge in [-0.1, -0.05) is 6.07 Å². The molecule has 1 aromatic heterocycles. The summed E-state index contributed by atoms with van der Waals surface area (Å²) in [7, 11) is -3.75. The molecular weight excluding hydrogens is 434 g/mol. The number of aryl methyl sites for hydroxylation is 2. The van der Waals surface area contributed by atoms with Gasteiger partial charge in [0.1, 0.15) is 17.4 Å². The number of rotatable bonds is 4. The van der Waals surface area contributed by atoms with E-state index in [0.29, 0.717) is 27.8 Å². The number of amidine groups is 1. The molecule has 0 aliphatic carbocycles. The highest BCUT2D eigenvalue weighted by Gasteiger charge is 2.24. The number of nitrogens with two attached hydrogens (primary N) is 1. The maximum atomic E-state index is 11.9. The van der Waals surface area contributed by atoms with E-state index in [0.717, 1.165) is 23.0 Å². The number of carbonyl (C=O) groups excluding carboxylic acids is 1. The predicted molar refractivity (Wildman–Crippen MR) is 123 cm³/mol. The van der Waals surface area contributed by atoms with E-state index in [4.69, 9.17) is 9.56 Å². The summed E-state index contributed by atoms with van der Waals surface area (Å²) in [6, 6.07) is 15.5. The van der Waals surface area contributed by atoms with Crippen molar-refractivity contribution < 1.29 is 17.6 Å². The number of nitrogens with zero attached hydrogens (tertiary/aromatic N) is 1. The number of amides is 1. The van der Waals surface area contributed by atoms with Crippen LogP contribution in [-0.2, 0) is 10.0 Å². The molecule has 1 amide bonds. The molecule has 0 saturated carbocycles. The van der Waals surface area contributed by atoms with Crippen LogP contribution in [0.15, 0.2) is 73.8 Å². The maximum Gasteiger partial charge on any atom is 0.289 e. The summed E-state index contributed by atoms with van der Waals surface area (Å²) in [5.74, 6) is 1.56. The number of thioether (sulfide) groups is 1. The lowest BCUT2D eigenvalue weighted by atomic mass is 10.1. The molecule has 0 atom stereocenters. The number of nitrogens with one attached hydrogen (secondary N) is 1. The van der Waals surface area contributed by atoms with Crippen LogP contribution in [0.1, 0.15) is 16.9 Å². The molecule has 1 aliphatic rings. The van der Waals surface area contributed by atoms with Gasteiger partial charge in [0.15, 0.2) is 0 Å². The van der Waals surface area contributed by atoms with Crippen LogP contribution in [0.5, 0.6) is 0 Å². The number of furan rings is 1. The zero-order valence-corrected chi connectivity index (χ0v) is 18.4. The van der Waals surface area contributed by atoms with Crippen molar-refractivity contribution >= 4 is 44.6 Å². The first kappa shape index (κ1) is 21.1. The number of benzene rings is 2. The number of aliphatic imine (C=N–C) groups is 1. The molecule has 3 aromatic rings. The zero-order chi connectivity index (χ0) is 22.2. The van der Waals surface area contributed by atoms with E-state index in [-0.39, 0.29) is 10.1 Å². The SMILES string of the molecule is Cc1ccc(N=C2NC(=O)SC2=Cc2ccc(-c3ccc(S(N)(=O)=O)cc3)o2)cc1C. The fraction of sp³-hybridized carbons (Fsp3) is 0.0909. The first-order chi connectivity index (χ1) is 14.7. The first-order valence-electron chi connectivity index (χ1n) is 9.29. The van der Waals surface area contributed by atoms with Gasteiger partial charge in [0, 0.05) is 5.56 Å². The fourth-order valence-corrected chi connectivity index (χ4v) is 4.19. The van der Waals surface area contributed by atoms with Crippen LogP contribution in [0.25, 0.3) is 17.4 Å². The van der Waals surface area contributed by atoms with Crippen LogP contribution in [0.4, 0.5) is 10.5 Å². The number of carbonyl (C=O) groups is 1. The summed E-state index contributed by atoms with van der Waals surface area (Å²) in [6.07, 6.45) is 1.74. The summed E-state index contributed by atoms with van der Waals surface area (Å²) < 4.78 is 28.7. The Morgan fingerprint density at radius 2 is 1.77 bits per heavy atom. The van der Waals surface area contributed by atoms with E-state index in [9.17, 15) is 13.2 Å². The van der Waals surface area contributed by atoms with Crippen molar-refractivity contribution in [3.8, 4) is 11.3 Å². The Morgan fingerprint density at radius 3 is 2.45 bits per heavy atom. The Kier molecular flexibility index (Phi) is 5.57. The monoisotopic (exact) mass is 453 g/mol. The lowest BCUT2D eigenvalue weighted by Gasteiger charge is -2.03. The van der Waals surface area contributed by atoms with Gasteiger partial charge in [-0.25, -0.2) is 18.5 Å². The number of hydrogen-bond acceptors (Lipinski definition) is 6. The minimum Gasteiger partial charge on any atom is -0.457 e. The quantitative estimate of drug-likeness (QED) is 0.592. The minimum absolute atomic E-state index is 0.0317. The van der Waals surface area contributed by atoms with Gasteiger partial charge in [-0.2, -0.15) is 0 Å². The molecular formula is C22H19N3O4S2. The fourth-order valence-electron chi connectivity index (χ4n) is 2.96. The lowest BCUT2D eigenvalue weighted by Crippen LogP contribution is -2.18. The molecule has 158 valence electrons. The summed E-state index contributed by atoms with van der Waals surface area (Å²) in [5.41, 5.74) is 3.74. The van der Waals surface area contributed by atoms with Crippen LogP contribution < -0.4 is 10.5 Å². The molecule has 2 heterocycles. The summed E-state index contributed by atoms with van der Waals surface area (Å²) >= 11 is 1.04. The molecule has 2 aromatic carbocycles. The van der Waals surface area contributed by atoms with E-state index in [1.54, 1.807) is 30.3 Å². The van der Waals surface area contributed by atoms with Crippen molar-refractivity contribution in [2.45, 2.75) is 18.7 Å². The molecule has 3 N–H and O–H groups in total. The standard InChI is InChI=1S/C22H19N3O4S2/c1-13-3-6-16(11-14(13)2)24-21-20(30-22(26)25-21)12-17-7-10-19(29-17)15-4-8-18(9-5-15)31(23,27)28/h3-12H,1-2H3,(H2,23,27,28)(H,24,25,26). The van der Waals surface area contributed by atoms with Crippen molar-refractivity contribution in [2.24, 2.45) is 10.1 Å². The average molecular weight is 454 g/mol. The highest BCUT2D eigenvalue weighted by atomic mass is 32.2. The maximum absolute atomic E-state index is 11.9. The third kappa shape index (κ3) is 4.79. The van der Waals surface area contributed by atoms with E-state index in [1.165, 1.54) is 17.7 Å². The van der Waals surface area contributed by atoms with Crippen molar-refractivity contribution in [3.05, 3.63) is 76.4 Å². The second kappa shape index (κ2) is 8.18. The van der Waals surface area contributed by atoms with Crippen molar-refractivity contribution in [1.29, 1.82) is 0 Å². The molecule has 0 bridgehead atoms. The predicted octanol–water partition coefficient (Wildman–Crippen LogP) is 4.74. The van der Waals surface area contributed by atoms with Crippen molar-refractivity contribution in [3.63, 3.8) is 0 Å². The van der Waals surface area contributed by atoms with Gasteiger partial charge in [-0.15, -0.1) is 0 Å². The van der Waals surface area contributed by atoms with E-state index < -0.39 is 10.0 Å². The molecule has 9 heteroatoms. The normalized spacial score (nSPS) is 16.8. The van der Waals surface area contributed by atoms with Crippen molar-refractivity contribution in [1.82, 2.24) is 5.32 Å². The molecule has 0 unspecified atom stereocenters. The molecule has 0 radical (unpaired) electrons. The number of hydrogen-bond donors (Lipinski definition) is 2. The van der Waals surface area contributed by atoms with Crippen LogP contribution in [-0.4, -0.2) is 19.5 Å². The molecule has 1 aliphatic heterocycles. The Morgan fingerprint density at radius 1 is 1.03 bits per heavy atom. The molecule has 1 fully saturated rings. The highest BCUT2D eigenvalue weighted by molar-refractivity contribution is 8.18. The smallest absolute Gasteiger partial charge is 0.289 e. The van der Waals surface area contributed by atoms with Crippen LogP contribution in [0, 0.1) is 13.8 Å². The van der Waals surface area contributed by atoms with E-state index in [2.05, 4.69) is 10.3 Å². The summed E-state index contributed by atoms with van der Waals surface area (Å²) in [4.78, 5) is 17.2. The van der Waals surface area contributed by atoms with Crippen molar-refractivity contribution in [2.75, 3.05) is 0 Å². The van der Waals surface area contributed by atoms with Gasteiger partial charge in [0.05, 0.1) is 15.5 Å². The van der Waals surface area contributed by atoms with Crippen LogP contribution in [0.2, 0.25) is 0 Å². The minimum atomic E-state index is -3.75. The largest absolute Gasteiger partial charge is 0.457 e. The number of primary sulfonamides is 1. The number of sulfonamides is 1. The van der Waals surface area contributed by atoms with Gasteiger partial charge in [-0.3, -0.25) is 4.79 Å². The topological polar surface area (TPSA) is 115 Å². The summed E-state index contributed by atoms with van der Waals surface area (Å²) in [6.45, 7) is 4.04. The Bertz CT molecular complexity index is 1340. The molecule has 1 saturated heterocycles. The highest BCUT2D eigenvalue weighted by Crippen LogP contribution is 2.31. The lowest BCUT2D eigenvalue weighted by molar-refractivity contribution is 0.265. The van der Waals surface area contributed by atoms with Gasteiger partial charge in [0.2, 0.25) is 10.0 Å². The van der Waals surface area contributed by atoms with Gasteiger partial charge >= 0.3 is 0 Å². The molecule has 7 nitrogen and oxygen atoms in total. The molecule has 31 heavy (non-hydrogen) atoms. The second-order valence-electron chi connectivity index (χ2n) is 7.02. The molecule has 0 spiro atoms. The molecule has 4 rings (SSSR count).